The van der Waals surface area contributed by atoms with Gasteiger partial charge in [-0.2, -0.15) is 5.10 Å². The van der Waals surface area contributed by atoms with Gasteiger partial charge in [-0.05, 0) is 64.4 Å². The van der Waals surface area contributed by atoms with Crippen molar-refractivity contribution < 1.29 is 9.84 Å². The summed E-state index contributed by atoms with van der Waals surface area (Å²) in [6.45, 7) is 4.26. The number of aromatic hydroxyl groups is 1. The van der Waals surface area contributed by atoms with Crippen molar-refractivity contribution in [3.05, 3.63) is 48.3 Å². The predicted molar refractivity (Wildman–Crippen MR) is 114 cm³/mol. The highest BCUT2D eigenvalue weighted by Crippen LogP contribution is 2.43. The topological polar surface area (TPSA) is 76.3 Å². The van der Waals surface area contributed by atoms with Crippen LogP contribution in [0.2, 0.25) is 0 Å². The van der Waals surface area contributed by atoms with Gasteiger partial charge in [-0.3, -0.25) is 4.90 Å². The molecule has 1 aromatic carbocycles. The number of nitrogens with zero attached hydrogens (tertiary/aromatic N) is 5. The zero-order valence-electron chi connectivity index (χ0n) is 17.6. The van der Waals surface area contributed by atoms with E-state index >= 15 is 0 Å². The van der Waals surface area contributed by atoms with Crippen LogP contribution in [0.1, 0.15) is 38.3 Å². The number of hydrogen-bond acceptors (Lipinski definition) is 6. The van der Waals surface area contributed by atoms with E-state index < -0.39 is 0 Å². The first-order valence-electron chi connectivity index (χ1n) is 10.5. The summed E-state index contributed by atoms with van der Waals surface area (Å²) in [6, 6.07) is 11.6. The summed E-state index contributed by atoms with van der Waals surface area (Å²) in [6.07, 6.45) is 6.55. The molecule has 2 fully saturated rings. The highest BCUT2D eigenvalue weighted by atomic mass is 16.5. The van der Waals surface area contributed by atoms with Gasteiger partial charge in [-0.1, -0.05) is 0 Å². The Morgan fingerprint density at radius 3 is 2.70 bits per heavy atom. The molecule has 0 aliphatic carbocycles. The molecule has 0 amide bonds. The van der Waals surface area contributed by atoms with Crippen molar-refractivity contribution in [1.29, 1.82) is 0 Å². The summed E-state index contributed by atoms with van der Waals surface area (Å²) in [5, 5.41) is 23.5. The lowest BCUT2D eigenvalue weighted by Crippen LogP contribution is -2.51. The number of ether oxygens (including phenoxy) is 1. The van der Waals surface area contributed by atoms with Gasteiger partial charge in [-0.25, -0.2) is 4.68 Å². The van der Waals surface area contributed by atoms with Crippen LogP contribution in [0.3, 0.4) is 0 Å². The fourth-order valence-corrected chi connectivity index (χ4v) is 4.91. The van der Waals surface area contributed by atoms with Crippen LogP contribution in [-0.2, 0) is 0 Å². The van der Waals surface area contributed by atoms with Gasteiger partial charge in [0.25, 0.3) is 0 Å². The van der Waals surface area contributed by atoms with Crippen LogP contribution in [0.25, 0.3) is 16.9 Å². The average molecular weight is 406 g/mol. The fourth-order valence-electron chi connectivity index (χ4n) is 4.91. The van der Waals surface area contributed by atoms with Gasteiger partial charge < -0.3 is 9.84 Å². The fraction of sp³-hybridized carbons (Fsp3) is 0.435. The normalized spacial score (nSPS) is 26.1. The Hall–Kier alpha value is -2.93. The first kappa shape index (κ1) is 19.1. The average Bonchev–Trinajstić information content (AvgIpc) is 3.21. The lowest BCUT2D eigenvalue weighted by atomic mass is 9.89. The highest BCUT2D eigenvalue weighted by molar-refractivity contribution is 5.68. The molecule has 2 aromatic heterocycles. The van der Waals surface area contributed by atoms with Crippen LogP contribution in [0.5, 0.6) is 11.6 Å². The van der Waals surface area contributed by atoms with E-state index in [0.29, 0.717) is 23.2 Å². The number of hydrogen-bond donors (Lipinski definition) is 1. The lowest BCUT2D eigenvalue weighted by Gasteiger charge is -2.43. The van der Waals surface area contributed by atoms with Crippen molar-refractivity contribution >= 4 is 0 Å². The summed E-state index contributed by atoms with van der Waals surface area (Å²) in [4.78, 5) is 2.51. The minimum Gasteiger partial charge on any atom is -0.507 e. The second-order valence-electron chi connectivity index (χ2n) is 8.84. The number of rotatable bonds is 4. The minimum atomic E-state index is 0.142. The summed E-state index contributed by atoms with van der Waals surface area (Å²) in [5.74, 6) is 0.683. The molecule has 3 atom stereocenters. The molecule has 30 heavy (non-hydrogen) atoms. The van der Waals surface area contributed by atoms with Crippen molar-refractivity contribution in [3.8, 4) is 28.6 Å². The molecule has 7 nitrogen and oxygen atoms in total. The Bertz CT molecular complexity index is 1060. The minimum absolute atomic E-state index is 0.142. The summed E-state index contributed by atoms with van der Waals surface area (Å²) in [5.41, 5.74) is 3.18. The van der Waals surface area contributed by atoms with E-state index in [9.17, 15) is 5.11 Å². The summed E-state index contributed by atoms with van der Waals surface area (Å²) >= 11 is 0. The SMILES string of the molecule is Cc1ccn(-c2ccc(-c3ccc(OC4CC5CCC(C)(C4)N5C)nn3)c(O)c2)n1. The maximum atomic E-state index is 10.5. The maximum absolute atomic E-state index is 10.5. The predicted octanol–water partition coefficient (Wildman–Crippen LogP) is 3.74. The molecule has 2 bridgehead atoms. The van der Waals surface area contributed by atoms with Crippen LogP contribution < -0.4 is 4.74 Å². The molecule has 156 valence electrons. The van der Waals surface area contributed by atoms with Crippen molar-refractivity contribution in [3.63, 3.8) is 0 Å². The van der Waals surface area contributed by atoms with E-state index in [2.05, 4.69) is 34.2 Å². The van der Waals surface area contributed by atoms with Gasteiger partial charge in [0.2, 0.25) is 5.88 Å². The first-order valence-corrected chi connectivity index (χ1v) is 10.5. The molecule has 0 saturated carbocycles. The van der Waals surface area contributed by atoms with E-state index in [-0.39, 0.29) is 17.4 Å². The Kier molecular flexibility index (Phi) is 4.50. The number of aryl methyl sites for hydroxylation is 1. The zero-order chi connectivity index (χ0) is 20.9. The lowest BCUT2D eigenvalue weighted by molar-refractivity contribution is 0.0157. The van der Waals surface area contributed by atoms with E-state index in [0.717, 1.165) is 24.2 Å². The third-order valence-corrected chi connectivity index (χ3v) is 6.79. The maximum Gasteiger partial charge on any atom is 0.233 e. The summed E-state index contributed by atoms with van der Waals surface area (Å²) in [7, 11) is 2.23. The molecular formula is C23H27N5O2. The molecule has 0 spiro atoms. The number of aromatic nitrogens is 4. The number of phenols is 1. The van der Waals surface area contributed by atoms with Crippen molar-refractivity contribution in [2.24, 2.45) is 0 Å². The largest absolute Gasteiger partial charge is 0.507 e. The Labute approximate surface area is 176 Å². The monoisotopic (exact) mass is 405 g/mol. The van der Waals surface area contributed by atoms with E-state index in [1.54, 1.807) is 10.7 Å². The molecule has 0 radical (unpaired) electrons. The zero-order valence-corrected chi connectivity index (χ0v) is 17.6. The Morgan fingerprint density at radius 1 is 1.17 bits per heavy atom. The number of fused-ring (bicyclic) bond motifs is 2. The van der Waals surface area contributed by atoms with Crippen LogP contribution >= 0.6 is 0 Å². The molecule has 2 aliphatic heterocycles. The molecular weight excluding hydrogens is 378 g/mol. The van der Waals surface area contributed by atoms with Crippen molar-refractivity contribution in [2.45, 2.75) is 57.2 Å². The third-order valence-electron chi connectivity index (χ3n) is 6.79. The van der Waals surface area contributed by atoms with Crippen LogP contribution in [-0.4, -0.2) is 54.7 Å². The second kappa shape index (κ2) is 7.09. The van der Waals surface area contributed by atoms with E-state index in [1.165, 1.54) is 12.8 Å². The Balaban J connectivity index is 1.31. The molecule has 3 unspecified atom stereocenters. The Morgan fingerprint density at radius 2 is 2.03 bits per heavy atom. The van der Waals surface area contributed by atoms with Gasteiger partial charge in [0.1, 0.15) is 11.9 Å². The molecule has 7 heteroatoms. The molecule has 1 N–H and O–H groups in total. The molecule has 4 heterocycles. The van der Waals surface area contributed by atoms with Crippen LogP contribution in [0.4, 0.5) is 0 Å². The molecule has 3 aromatic rings. The first-order chi connectivity index (χ1) is 14.4. The smallest absolute Gasteiger partial charge is 0.233 e. The molecule has 2 aliphatic rings. The molecule has 2 saturated heterocycles. The number of phenolic OH excluding ortho intramolecular Hbond substituents is 1. The van der Waals surface area contributed by atoms with Gasteiger partial charge >= 0.3 is 0 Å². The molecule has 5 rings (SSSR count). The quantitative estimate of drug-likeness (QED) is 0.713. The summed E-state index contributed by atoms with van der Waals surface area (Å²) < 4.78 is 7.91. The van der Waals surface area contributed by atoms with Gasteiger partial charge in [-0.15, -0.1) is 10.2 Å². The van der Waals surface area contributed by atoms with Gasteiger partial charge in [0, 0.05) is 41.9 Å². The number of piperidine rings is 1. The number of benzene rings is 1. The van der Waals surface area contributed by atoms with Crippen molar-refractivity contribution in [1.82, 2.24) is 24.9 Å². The van der Waals surface area contributed by atoms with E-state index in [4.69, 9.17) is 4.74 Å². The van der Waals surface area contributed by atoms with Crippen LogP contribution in [0.15, 0.2) is 42.6 Å². The second-order valence-corrected chi connectivity index (χ2v) is 8.84. The van der Waals surface area contributed by atoms with Gasteiger partial charge in [0.15, 0.2) is 0 Å². The highest BCUT2D eigenvalue weighted by Gasteiger charge is 2.47. The third kappa shape index (κ3) is 3.33. The van der Waals surface area contributed by atoms with Gasteiger partial charge in [0.05, 0.1) is 17.1 Å². The van der Waals surface area contributed by atoms with Crippen LogP contribution in [0, 0.1) is 6.92 Å². The van der Waals surface area contributed by atoms with E-state index in [1.807, 2.05) is 43.5 Å². The standard InChI is InChI=1S/C23H27N5O2/c1-15-9-11-28(26-15)17-4-5-19(21(29)13-17)20-6-7-22(25-24-20)30-18-12-16-8-10-23(2,14-18)27(16)3/h4-7,9,11,13,16,18,29H,8,10,12,14H2,1-3H3. The van der Waals surface area contributed by atoms with Crippen molar-refractivity contribution in [2.75, 3.05) is 7.05 Å².